The van der Waals surface area contributed by atoms with Crippen LogP contribution in [0.4, 0.5) is 0 Å². The summed E-state index contributed by atoms with van der Waals surface area (Å²) >= 11 is 0. The van der Waals surface area contributed by atoms with Gasteiger partial charge in [0.2, 0.25) is 0 Å². The lowest BCUT2D eigenvalue weighted by Gasteiger charge is -2.17. The van der Waals surface area contributed by atoms with Gasteiger partial charge in [-0.05, 0) is 18.8 Å². The van der Waals surface area contributed by atoms with E-state index in [1.54, 1.807) is 0 Å². The minimum absolute atomic E-state index is 0.466. The molecule has 1 aliphatic rings. The van der Waals surface area contributed by atoms with Gasteiger partial charge in [-0.15, -0.1) is 0 Å². The van der Waals surface area contributed by atoms with E-state index in [-0.39, 0.29) is 0 Å². The highest BCUT2D eigenvalue weighted by Crippen LogP contribution is 2.26. The lowest BCUT2D eigenvalue weighted by molar-refractivity contribution is 0.384. The van der Waals surface area contributed by atoms with Crippen molar-refractivity contribution < 1.29 is 0 Å². The van der Waals surface area contributed by atoms with Crippen molar-refractivity contribution in [1.82, 2.24) is 0 Å². The van der Waals surface area contributed by atoms with Crippen LogP contribution in [0, 0.1) is 5.92 Å². The first-order valence-corrected chi connectivity index (χ1v) is 5.58. The van der Waals surface area contributed by atoms with E-state index >= 15 is 0 Å². The molecule has 0 aromatic rings. The molecule has 0 heterocycles. The van der Waals surface area contributed by atoms with Gasteiger partial charge in [0.15, 0.2) is 0 Å². The molecule has 0 saturated heterocycles. The van der Waals surface area contributed by atoms with Crippen molar-refractivity contribution in [2.75, 3.05) is 0 Å². The number of rotatable bonds is 3. The van der Waals surface area contributed by atoms with E-state index in [1.807, 2.05) is 0 Å². The van der Waals surface area contributed by atoms with Crippen molar-refractivity contribution in [2.24, 2.45) is 11.7 Å². The molecule has 0 aliphatic heterocycles. The van der Waals surface area contributed by atoms with Crippen molar-refractivity contribution in [2.45, 2.75) is 64.3 Å². The zero-order chi connectivity index (χ0) is 8.81. The van der Waals surface area contributed by atoms with Crippen LogP contribution in [0.3, 0.4) is 0 Å². The highest BCUT2D eigenvalue weighted by molar-refractivity contribution is 4.70. The van der Waals surface area contributed by atoms with Crippen molar-refractivity contribution in [1.29, 1.82) is 0 Å². The molecule has 2 N–H and O–H groups in total. The zero-order valence-electron chi connectivity index (χ0n) is 8.39. The van der Waals surface area contributed by atoms with Crippen LogP contribution in [-0.4, -0.2) is 6.04 Å². The van der Waals surface area contributed by atoms with Crippen LogP contribution in [0.5, 0.6) is 0 Å². The smallest absolute Gasteiger partial charge is 0.00388 e. The van der Waals surface area contributed by atoms with Crippen molar-refractivity contribution in [3.8, 4) is 0 Å². The summed E-state index contributed by atoms with van der Waals surface area (Å²) in [6, 6.07) is 0.466. The van der Waals surface area contributed by atoms with Gasteiger partial charge in [0, 0.05) is 6.04 Å². The first-order valence-electron chi connectivity index (χ1n) is 5.58. The van der Waals surface area contributed by atoms with Crippen LogP contribution < -0.4 is 5.73 Å². The molecule has 1 heteroatoms. The third kappa shape index (κ3) is 3.57. The lowest BCUT2D eigenvalue weighted by Crippen LogP contribution is -2.22. The minimum atomic E-state index is 0.466. The maximum absolute atomic E-state index is 5.95. The lowest BCUT2D eigenvalue weighted by atomic mass is 9.92. The summed E-state index contributed by atoms with van der Waals surface area (Å²) in [5, 5.41) is 0. The SMILES string of the molecule is CCC(N)CC1CCCCCC1. The second-order valence-corrected chi connectivity index (χ2v) is 4.26. The Labute approximate surface area is 76.7 Å². The molecule has 1 rings (SSSR count). The highest BCUT2D eigenvalue weighted by atomic mass is 14.6. The number of hydrogen-bond acceptors (Lipinski definition) is 1. The molecular formula is C11H23N. The van der Waals surface area contributed by atoms with Crippen LogP contribution in [0.1, 0.15) is 58.3 Å². The molecule has 12 heavy (non-hydrogen) atoms. The van der Waals surface area contributed by atoms with Gasteiger partial charge in [-0.1, -0.05) is 45.4 Å². The van der Waals surface area contributed by atoms with Gasteiger partial charge < -0.3 is 5.73 Å². The van der Waals surface area contributed by atoms with Crippen LogP contribution >= 0.6 is 0 Å². The topological polar surface area (TPSA) is 26.0 Å². The van der Waals surface area contributed by atoms with Crippen LogP contribution in [0.15, 0.2) is 0 Å². The van der Waals surface area contributed by atoms with Gasteiger partial charge in [0.1, 0.15) is 0 Å². The molecule has 1 fully saturated rings. The van der Waals surface area contributed by atoms with Crippen LogP contribution in [0.25, 0.3) is 0 Å². The van der Waals surface area contributed by atoms with Gasteiger partial charge in [0.05, 0.1) is 0 Å². The molecule has 1 unspecified atom stereocenters. The second kappa shape index (κ2) is 5.58. The first kappa shape index (κ1) is 10.0. The summed E-state index contributed by atoms with van der Waals surface area (Å²) in [7, 11) is 0. The van der Waals surface area contributed by atoms with Crippen molar-refractivity contribution >= 4 is 0 Å². The molecule has 0 aromatic heterocycles. The Kier molecular flexibility index (Phi) is 4.67. The summed E-state index contributed by atoms with van der Waals surface area (Å²) in [5.74, 6) is 0.947. The molecular weight excluding hydrogens is 146 g/mol. The predicted molar refractivity (Wildman–Crippen MR) is 54.1 cm³/mol. The van der Waals surface area contributed by atoms with Crippen LogP contribution in [-0.2, 0) is 0 Å². The van der Waals surface area contributed by atoms with E-state index in [4.69, 9.17) is 5.73 Å². The third-order valence-corrected chi connectivity index (χ3v) is 3.14. The third-order valence-electron chi connectivity index (χ3n) is 3.14. The molecule has 1 nitrogen and oxygen atoms in total. The highest BCUT2D eigenvalue weighted by Gasteiger charge is 2.14. The Hall–Kier alpha value is -0.0400. The first-order chi connectivity index (χ1) is 5.83. The fourth-order valence-electron chi connectivity index (χ4n) is 2.19. The molecule has 0 spiro atoms. The fourth-order valence-corrected chi connectivity index (χ4v) is 2.19. The Morgan fingerprint density at radius 2 is 1.75 bits per heavy atom. The number of hydrogen-bond donors (Lipinski definition) is 1. The molecule has 1 aliphatic carbocycles. The second-order valence-electron chi connectivity index (χ2n) is 4.26. The largest absolute Gasteiger partial charge is 0.328 e. The summed E-state index contributed by atoms with van der Waals surface area (Å²) < 4.78 is 0. The Bertz CT molecular complexity index is 104. The number of nitrogens with two attached hydrogens (primary N) is 1. The molecule has 72 valence electrons. The Balaban J connectivity index is 2.20. The molecule has 0 amide bonds. The minimum Gasteiger partial charge on any atom is -0.328 e. The zero-order valence-corrected chi connectivity index (χ0v) is 8.39. The average Bonchev–Trinajstić information content (AvgIpc) is 2.33. The van der Waals surface area contributed by atoms with E-state index in [0.29, 0.717) is 6.04 Å². The van der Waals surface area contributed by atoms with Gasteiger partial charge in [0.25, 0.3) is 0 Å². The predicted octanol–water partition coefficient (Wildman–Crippen LogP) is 3.08. The van der Waals surface area contributed by atoms with E-state index in [9.17, 15) is 0 Å². The summed E-state index contributed by atoms with van der Waals surface area (Å²) in [6.45, 7) is 2.20. The quantitative estimate of drug-likeness (QED) is 0.645. The maximum Gasteiger partial charge on any atom is 0.00388 e. The van der Waals surface area contributed by atoms with Gasteiger partial charge in [-0.25, -0.2) is 0 Å². The fraction of sp³-hybridized carbons (Fsp3) is 1.00. The van der Waals surface area contributed by atoms with Crippen molar-refractivity contribution in [3.63, 3.8) is 0 Å². The van der Waals surface area contributed by atoms with Crippen LogP contribution in [0.2, 0.25) is 0 Å². The Morgan fingerprint density at radius 1 is 1.17 bits per heavy atom. The molecule has 1 saturated carbocycles. The van der Waals surface area contributed by atoms with E-state index in [0.717, 1.165) is 12.3 Å². The maximum atomic E-state index is 5.95. The summed E-state index contributed by atoms with van der Waals surface area (Å²) in [6.07, 6.45) is 11.1. The normalized spacial score (nSPS) is 23.5. The molecule has 0 bridgehead atoms. The van der Waals surface area contributed by atoms with Gasteiger partial charge in [-0.3, -0.25) is 0 Å². The average molecular weight is 169 g/mol. The summed E-state index contributed by atoms with van der Waals surface area (Å²) in [4.78, 5) is 0. The van der Waals surface area contributed by atoms with E-state index in [2.05, 4.69) is 6.92 Å². The monoisotopic (exact) mass is 169 g/mol. The summed E-state index contributed by atoms with van der Waals surface area (Å²) in [5.41, 5.74) is 5.95. The molecule has 1 atom stereocenters. The van der Waals surface area contributed by atoms with E-state index < -0.39 is 0 Å². The van der Waals surface area contributed by atoms with Crippen molar-refractivity contribution in [3.05, 3.63) is 0 Å². The van der Waals surface area contributed by atoms with Gasteiger partial charge >= 0.3 is 0 Å². The standard InChI is InChI=1S/C11H23N/c1-2-11(12)9-10-7-5-3-4-6-8-10/h10-11H,2-9,12H2,1H3. The van der Waals surface area contributed by atoms with Gasteiger partial charge in [-0.2, -0.15) is 0 Å². The molecule has 0 radical (unpaired) electrons. The Morgan fingerprint density at radius 3 is 2.25 bits per heavy atom. The molecule has 0 aromatic carbocycles. The van der Waals surface area contributed by atoms with E-state index in [1.165, 1.54) is 44.9 Å².